The fourth-order valence-corrected chi connectivity index (χ4v) is 6.81. The van der Waals surface area contributed by atoms with Crippen LogP contribution in [0.1, 0.15) is 81.1 Å². The Morgan fingerprint density at radius 3 is 1.11 bits per heavy atom. The molecule has 0 atom stereocenters. The summed E-state index contributed by atoms with van der Waals surface area (Å²) in [6.07, 6.45) is 4.74. The van der Waals surface area contributed by atoms with E-state index in [0.29, 0.717) is 12.1 Å². The number of thiocarbonyl (C=S) groups is 1. The van der Waals surface area contributed by atoms with Gasteiger partial charge in [-0.15, -0.1) is 0 Å². The van der Waals surface area contributed by atoms with E-state index in [1.807, 2.05) is 0 Å². The zero-order chi connectivity index (χ0) is 21.3. The summed E-state index contributed by atoms with van der Waals surface area (Å²) < 4.78 is 0. The van der Waals surface area contributed by atoms with E-state index in [1.165, 1.54) is 25.7 Å². The lowest BCUT2D eigenvalue weighted by molar-refractivity contribution is -0.0348. The second kappa shape index (κ2) is 6.81. The lowest BCUT2D eigenvalue weighted by Gasteiger charge is -2.56. The van der Waals surface area contributed by atoms with Crippen LogP contribution in [0.15, 0.2) is 0 Å². The minimum Gasteiger partial charge on any atom is -0.344 e. The summed E-state index contributed by atoms with van der Waals surface area (Å²) in [4.78, 5) is 10.3. The Hall–Kier alpha value is -0.390. The predicted molar refractivity (Wildman–Crippen MR) is 124 cm³/mol. The average molecular weight is 409 g/mol. The van der Waals surface area contributed by atoms with E-state index in [4.69, 9.17) is 12.2 Å². The molecule has 3 fully saturated rings. The van der Waals surface area contributed by atoms with Gasteiger partial charge in [0.05, 0.1) is 0 Å². The number of hydrogen-bond acceptors (Lipinski definition) is 3. The third-order valence-electron chi connectivity index (χ3n) is 8.53. The molecule has 3 heterocycles. The molecule has 0 aromatic heterocycles. The van der Waals surface area contributed by atoms with Crippen molar-refractivity contribution in [1.82, 2.24) is 19.6 Å². The molecule has 3 aliphatic rings. The number of piperidine rings is 2. The van der Waals surface area contributed by atoms with Crippen LogP contribution in [-0.4, -0.2) is 86.1 Å². The summed E-state index contributed by atoms with van der Waals surface area (Å²) >= 11 is 6.11. The van der Waals surface area contributed by atoms with Crippen molar-refractivity contribution >= 4 is 17.3 Å². The lowest BCUT2D eigenvalue weighted by Crippen LogP contribution is -2.64. The van der Waals surface area contributed by atoms with Gasteiger partial charge in [0.25, 0.3) is 0 Å². The predicted octanol–water partition coefficient (Wildman–Crippen LogP) is 4.19. The molecule has 5 heteroatoms. The fourth-order valence-electron chi connectivity index (χ4n) is 6.33. The molecular formula is C23H44N4S. The van der Waals surface area contributed by atoms with Gasteiger partial charge >= 0.3 is 0 Å². The van der Waals surface area contributed by atoms with Crippen LogP contribution in [0, 0.1) is 0 Å². The van der Waals surface area contributed by atoms with Gasteiger partial charge in [-0.2, -0.15) is 0 Å². The summed E-state index contributed by atoms with van der Waals surface area (Å²) in [5.74, 6) is 0. The molecule has 0 radical (unpaired) electrons. The first-order valence-electron chi connectivity index (χ1n) is 11.1. The highest BCUT2D eigenvalue weighted by Crippen LogP contribution is 2.42. The Morgan fingerprint density at radius 2 is 0.857 bits per heavy atom. The minimum absolute atomic E-state index is 0.201. The Balaban J connectivity index is 1.77. The first-order chi connectivity index (χ1) is 12.6. The maximum absolute atomic E-state index is 6.11. The van der Waals surface area contributed by atoms with Gasteiger partial charge in [0.1, 0.15) is 0 Å². The van der Waals surface area contributed by atoms with Crippen molar-refractivity contribution < 1.29 is 0 Å². The number of nitrogens with zero attached hydrogens (tertiary/aromatic N) is 4. The molecule has 0 unspecified atom stereocenters. The van der Waals surface area contributed by atoms with Gasteiger partial charge in [-0.25, -0.2) is 0 Å². The van der Waals surface area contributed by atoms with Crippen LogP contribution in [0.2, 0.25) is 0 Å². The van der Waals surface area contributed by atoms with Gasteiger partial charge in [-0.3, -0.25) is 9.80 Å². The van der Waals surface area contributed by atoms with Crippen molar-refractivity contribution in [1.29, 1.82) is 0 Å². The van der Waals surface area contributed by atoms with Gasteiger partial charge in [0.15, 0.2) is 5.11 Å². The molecule has 0 bridgehead atoms. The van der Waals surface area contributed by atoms with Gasteiger partial charge in [0, 0.05) is 47.3 Å². The number of rotatable bonds is 2. The molecule has 0 N–H and O–H groups in total. The lowest BCUT2D eigenvalue weighted by atomic mass is 9.77. The first-order valence-corrected chi connectivity index (χ1v) is 11.5. The van der Waals surface area contributed by atoms with E-state index in [9.17, 15) is 0 Å². The van der Waals surface area contributed by atoms with Crippen molar-refractivity contribution in [2.45, 2.75) is 115 Å². The van der Waals surface area contributed by atoms with E-state index in [0.717, 1.165) is 18.2 Å². The number of hydrogen-bond donors (Lipinski definition) is 0. The van der Waals surface area contributed by atoms with Gasteiger partial charge in [-0.1, -0.05) is 0 Å². The van der Waals surface area contributed by atoms with Crippen molar-refractivity contribution in [3.8, 4) is 0 Å². The summed E-state index contributed by atoms with van der Waals surface area (Å²) in [7, 11) is 4.57. The third-order valence-corrected chi connectivity index (χ3v) is 9.00. The van der Waals surface area contributed by atoms with E-state index in [-0.39, 0.29) is 22.2 Å². The molecule has 3 saturated heterocycles. The van der Waals surface area contributed by atoms with Gasteiger partial charge in [-0.05, 0) is 107 Å². The molecule has 162 valence electrons. The Labute approximate surface area is 179 Å². The molecule has 0 spiro atoms. The van der Waals surface area contributed by atoms with Crippen LogP contribution in [0.5, 0.6) is 0 Å². The minimum atomic E-state index is 0.201. The molecule has 3 aliphatic heterocycles. The molecule has 0 aliphatic carbocycles. The first kappa shape index (κ1) is 22.3. The van der Waals surface area contributed by atoms with Crippen LogP contribution in [0.4, 0.5) is 0 Å². The molecule has 4 nitrogen and oxygen atoms in total. The summed E-state index contributed by atoms with van der Waals surface area (Å²) in [6, 6.07) is 1.09. The van der Waals surface area contributed by atoms with Gasteiger partial charge < -0.3 is 9.80 Å². The topological polar surface area (TPSA) is 13.0 Å². The normalized spacial score (nSPS) is 31.6. The molecule has 0 amide bonds. The number of likely N-dealkylation sites (tertiary alicyclic amines) is 2. The van der Waals surface area contributed by atoms with E-state index < -0.39 is 0 Å². The van der Waals surface area contributed by atoms with Gasteiger partial charge in [0.2, 0.25) is 0 Å². The van der Waals surface area contributed by atoms with Crippen LogP contribution < -0.4 is 0 Å². The van der Waals surface area contributed by atoms with E-state index in [1.54, 1.807) is 0 Å². The quantitative estimate of drug-likeness (QED) is 0.634. The summed E-state index contributed by atoms with van der Waals surface area (Å²) in [5.41, 5.74) is 0.805. The Bertz CT molecular complexity index is 536. The maximum atomic E-state index is 6.11. The largest absolute Gasteiger partial charge is 0.344 e. The Morgan fingerprint density at radius 1 is 0.607 bits per heavy atom. The summed E-state index contributed by atoms with van der Waals surface area (Å²) in [6.45, 7) is 21.3. The highest BCUT2D eigenvalue weighted by atomic mass is 32.1. The molecule has 28 heavy (non-hydrogen) atoms. The molecular weight excluding hydrogens is 364 g/mol. The second-order valence-electron chi connectivity index (χ2n) is 12.2. The summed E-state index contributed by atoms with van der Waals surface area (Å²) in [5, 5.41) is 1.11. The fraction of sp³-hybridized carbons (Fsp3) is 0.957. The molecule has 3 rings (SSSR count). The molecule has 0 aromatic rings. The average Bonchev–Trinajstić information content (AvgIpc) is 2.90. The third kappa shape index (κ3) is 3.72. The Kier molecular flexibility index (Phi) is 5.43. The van der Waals surface area contributed by atoms with Crippen LogP contribution in [0.25, 0.3) is 0 Å². The highest BCUT2D eigenvalue weighted by Gasteiger charge is 2.49. The second-order valence-corrected chi connectivity index (χ2v) is 12.5. The van der Waals surface area contributed by atoms with Crippen LogP contribution >= 0.6 is 12.2 Å². The van der Waals surface area contributed by atoms with Crippen molar-refractivity contribution in [3.05, 3.63) is 0 Å². The molecule has 0 saturated carbocycles. The van der Waals surface area contributed by atoms with E-state index >= 15 is 0 Å². The zero-order valence-electron chi connectivity index (χ0n) is 20.1. The smallest absolute Gasteiger partial charge is 0.172 e. The standard InChI is InChI=1S/C23H44N4S/c1-20(2)13-17(14-21(3,4)24(20)9)26-11-12-27(19(26)28)18-15-22(5,6)25(10)23(7,8)16-18/h17-18H,11-16H2,1-10H3. The zero-order valence-corrected chi connectivity index (χ0v) is 20.9. The van der Waals surface area contributed by atoms with E-state index in [2.05, 4.69) is 89.1 Å². The van der Waals surface area contributed by atoms with Crippen molar-refractivity contribution in [2.75, 3.05) is 27.2 Å². The maximum Gasteiger partial charge on any atom is 0.172 e. The molecule has 0 aromatic carbocycles. The van der Waals surface area contributed by atoms with Crippen molar-refractivity contribution in [3.63, 3.8) is 0 Å². The SMILES string of the molecule is CN1C(C)(C)CC(N2CCN(C3CC(C)(C)N(C)C(C)(C)C3)C2=S)CC1(C)C. The van der Waals surface area contributed by atoms with Crippen LogP contribution in [-0.2, 0) is 0 Å². The monoisotopic (exact) mass is 408 g/mol. The highest BCUT2D eigenvalue weighted by molar-refractivity contribution is 7.80. The van der Waals surface area contributed by atoms with Crippen molar-refractivity contribution in [2.24, 2.45) is 0 Å². The van der Waals surface area contributed by atoms with Crippen LogP contribution in [0.3, 0.4) is 0 Å².